The Morgan fingerprint density at radius 1 is 0.880 bits per heavy atom. The smallest absolute Gasteiger partial charge is 0.227 e. The van der Waals surface area contributed by atoms with Crippen molar-refractivity contribution in [3.05, 3.63) is 29.3 Å². The summed E-state index contributed by atoms with van der Waals surface area (Å²) in [6.07, 6.45) is 7.97. The predicted molar refractivity (Wildman–Crippen MR) is 100 cm³/mol. The van der Waals surface area contributed by atoms with Gasteiger partial charge < -0.3 is 10.6 Å². The molecule has 0 atom stereocenters. The monoisotopic (exact) mass is 342 g/mol. The SMILES string of the molecule is Cc1ccc(C)c(NC(=O)C2CCC(C(=O)NC3CCCC3)CC2)c1. The normalized spacial score (nSPS) is 24.1. The van der Waals surface area contributed by atoms with Crippen LogP contribution in [0.4, 0.5) is 5.69 Å². The number of hydrogen-bond acceptors (Lipinski definition) is 2. The summed E-state index contributed by atoms with van der Waals surface area (Å²) < 4.78 is 0. The number of benzene rings is 1. The van der Waals surface area contributed by atoms with Crippen molar-refractivity contribution in [2.24, 2.45) is 11.8 Å². The van der Waals surface area contributed by atoms with E-state index in [2.05, 4.69) is 16.7 Å². The van der Waals surface area contributed by atoms with Crippen LogP contribution in [0.25, 0.3) is 0 Å². The molecule has 2 saturated carbocycles. The van der Waals surface area contributed by atoms with Crippen molar-refractivity contribution >= 4 is 17.5 Å². The zero-order chi connectivity index (χ0) is 17.8. The molecule has 2 aliphatic rings. The highest BCUT2D eigenvalue weighted by molar-refractivity contribution is 5.93. The van der Waals surface area contributed by atoms with E-state index in [4.69, 9.17) is 0 Å². The molecule has 3 rings (SSSR count). The van der Waals surface area contributed by atoms with E-state index < -0.39 is 0 Å². The van der Waals surface area contributed by atoms with Gasteiger partial charge in [0, 0.05) is 23.6 Å². The fraction of sp³-hybridized carbons (Fsp3) is 0.619. The van der Waals surface area contributed by atoms with E-state index in [9.17, 15) is 9.59 Å². The van der Waals surface area contributed by atoms with Gasteiger partial charge in [-0.15, -0.1) is 0 Å². The van der Waals surface area contributed by atoms with E-state index in [0.717, 1.165) is 55.3 Å². The zero-order valence-electron chi connectivity index (χ0n) is 15.4. The topological polar surface area (TPSA) is 58.2 Å². The van der Waals surface area contributed by atoms with Gasteiger partial charge in [-0.3, -0.25) is 9.59 Å². The lowest BCUT2D eigenvalue weighted by molar-refractivity contribution is -0.129. The van der Waals surface area contributed by atoms with E-state index >= 15 is 0 Å². The number of rotatable bonds is 4. The third-order valence-corrected chi connectivity index (χ3v) is 5.82. The standard InChI is InChI=1S/C21H30N2O2/c1-14-7-8-15(2)19(13-14)23-21(25)17-11-9-16(10-12-17)20(24)22-18-5-3-4-6-18/h7-8,13,16-18H,3-6,9-12H2,1-2H3,(H,22,24)(H,23,25). The van der Waals surface area contributed by atoms with Crippen LogP contribution in [0.3, 0.4) is 0 Å². The van der Waals surface area contributed by atoms with E-state index in [1.54, 1.807) is 0 Å². The Balaban J connectivity index is 1.48. The summed E-state index contributed by atoms with van der Waals surface area (Å²) in [4.78, 5) is 25.0. The molecule has 1 aromatic carbocycles. The molecule has 0 spiro atoms. The van der Waals surface area contributed by atoms with Crippen LogP contribution in [-0.4, -0.2) is 17.9 Å². The molecule has 136 valence electrons. The van der Waals surface area contributed by atoms with Gasteiger partial charge in [-0.25, -0.2) is 0 Å². The maximum Gasteiger partial charge on any atom is 0.227 e. The summed E-state index contributed by atoms with van der Waals surface area (Å²) in [6.45, 7) is 4.04. The first-order chi connectivity index (χ1) is 12.0. The second-order valence-corrected chi connectivity index (χ2v) is 7.85. The number of hydrogen-bond donors (Lipinski definition) is 2. The molecule has 2 N–H and O–H groups in total. The third-order valence-electron chi connectivity index (χ3n) is 5.82. The van der Waals surface area contributed by atoms with Crippen molar-refractivity contribution in [1.82, 2.24) is 5.32 Å². The highest BCUT2D eigenvalue weighted by atomic mass is 16.2. The molecule has 0 unspecified atom stereocenters. The first-order valence-corrected chi connectivity index (χ1v) is 9.71. The number of anilines is 1. The minimum Gasteiger partial charge on any atom is -0.353 e. The number of amides is 2. The molecule has 0 bridgehead atoms. The number of carbonyl (C=O) groups excluding carboxylic acids is 2. The Morgan fingerprint density at radius 3 is 2.12 bits per heavy atom. The quantitative estimate of drug-likeness (QED) is 0.865. The lowest BCUT2D eigenvalue weighted by Crippen LogP contribution is -2.39. The molecule has 2 amide bonds. The van der Waals surface area contributed by atoms with Crippen LogP contribution in [0.2, 0.25) is 0 Å². The van der Waals surface area contributed by atoms with Crippen molar-refractivity contribution in [2.45, 2.75) is 71.3 Å². The maximum atomic E-state index is 12.6. The number of aryl methyl sites for hydroxylation is 2. The Labute approximate surface area is 150 Å². The van der Waals surface area contributed by atoms with Crippen molar-refractivity contribution in [3.63, 3.8) is 0 Å². The molecule has 0 aliphatic heterocycles. The molecule has 4 nitrogen and oxygen atoms in total. The van der Waals surface area contributed by atoms with Crippen molar-refractivity contribution in [2.75, 3.05) is 5.32 Å². The summed E-state index contributed by atoms with van der Waals surface area (Å²) in [6, 6.07) is 6.50. The van der Waals surface area contributed by atoms with E-state index in [0.29, 0.717) is 6.04 Å². The highest BCUT2D eigenvalue weighted by Crippen LogP contribution is 2.31. The van der Waals surface area contributed by atoms with Gasteiger partial charge in [-0.1, -0.05) is 25.0 Å². The van der Waals surface area contributed by atoms with Gasteiger partial charge in [0.2, 0.25) is 11.8 Å². The van der Waals surface area contributed by atoms with Gasteiger partial charge in [0.1, 0.15) is 0 Å². The fourth-order valence-electron chi connectivity index (χ4n) is 4.11. The number of nitrogens with one attached hydrogen (secondary N) is 2. The van der Waals surface area contributed by atoms with Crippen LogP contribution < -0.4 is 10.6 Å². The van der Waals surface area contributed by atoms with Gasteiger partial charge in [-0.05, 0) is 69.6 Å². The van der Waals surface area contributed by atoms with Gasteiger partial charge >= 0.3 is 0 Å². The summed E-state index contributed by atoms with van der Waals surface area (Å²) in [5, 5.41) is 6.29. The van der Waals surface area contributed by atoms with E-state index in [-0.39, 0.29) is 23.7 Å². The molecule has 0 heterocycles. The minimum atomic E-state index is 0.0236. The van der Waals surface area contributed by atoms with Crippen LogP contribution in [0, 0.1) is 25.7 Å². The molecule has 4 heteroatoms. The Bertz CT molecular complexity index is 627. The van der Waals surface area contributed by atoms with Crippen LogP contribution in [-0.2, 0) is 9.59 Å². The molecule has 0 radical (unpaired) electrons. The Morgan fingerprint density at radius 2 is 1.48 bits per heavy atom. The third kappa shape index (κ3) is 4.62. The molecule has 2 fully saturated rings. The molecule has 0 saturated heterocycles. The fourth-order valence-corrected chi connectivity index (χ4v) is 4.11. The molecular weight excluding hydrogens is 312 g/mol. The Hall–Kier alpha value is -1.84. The second-order valence-electron chi connectivity index (χ2n) is 7.85. The van der Waals surface area contributed by atoms with Gasteiger partial charge in [0.05, 0.1) is 0 Å². The van der Waals surface area contributed by atoms with Crippen LogP contribution >= 0.6 is 0 Å². The predicted octanol–water partition coefficient (Wildman–Crippen LogP) is 4.11. The second kappa shape index (κ2) is 8.03. The largest absolute Gasteiger partial charge is 0.353 e. The van der Waals surface area contributed by atoms with Crippen LogP contribution in [0.1, 0.15) is 62.5 Å². The van der Waals surface area contributed by atoms with Crippen LogP contribution in [0.15, 0.2) is 18.2 Å². The summed E-state index contributed by atoms with van der Waals surface area (Å²) in [7, 11) is 0. The first kappa shape index (κ1) is 18.0. The van der Waals surface area contributed by atoms with Gasteiger partial charge in [0.15, 0.2) is 0 Å². The molecule has 2 aliphatic carbocycles. The maximum absolute atomic E-state index is 12.6. The van der Waals surface area contributed by atoms with Crippen molar-refractivity contribution in [1.29, 1.82) is 0 Å². The minimum absolute atomic E-state index is 0.0236. The molecule has 0 aromatic heterocycles. The summed E-state index contributed by atoms with van der Waals surface area (Å²) in [5.74, 6) is 0.421. The Kier molecular flexibility index (Phi) is 5.77. The van der Waals surface area contributed by atoms with Crippen molar-refractivity contribution < 1.29 is 9.59 Å². The zero-order valence-corrected chi connectivity index (χ0v) is 15.4. The van der Waals surface area contributed by atoms with Crippen LogP contribution in [0.5, 0.6) is 0 Å². The highest BCUT2D eigenvalue weighted by Gasteiger charge is 2.31. The van der Waals surface area contributed by atoms with E-state index in [1.165, 1.54) is 12.8 Å². The average molecular weight is 342 g/mol. The van der Waals surface area contributed by atoms with Gasteiger partial charge in [-0.2, -0.15) is 0 Å². The lowest BCUT2D eigenvalue weighted by Gasteiger charge is -2.28. The van der Waals surface area contributed by atoms with Gasteiger partial charge in [0.25, 0.3) is 0 Å². The van der Waals surface area contributed by atoms with Crippen molar-refractivity contribution in [3.8, 4) is 0 Å². The molecule has 1 aromatic rings. The summed E-state index contributed by atoms with van der Waals surface area (Å²) in [5.41, 5.74) is 3.14. The lowest BCUT2D eigenvalue weighted by atomic mass is 9.81. The molecular formula is C21H30N2O2. The summed E-state index contributed by atoms with van der Waals surface area (Å²) >= 11 is 0. The average Bonchev–Trinajstić information content (AvgIpc) is 3.11. The molecule has 25 heavy (non-hydrogen) atoms. The number of carbonyl (C=O) groups is 2. The first-order valence-electron chi connectivity index (χ1n) is 9.71. The van der Waals surface area contributed by atoms with E-state index in [1.807, 2.05) is 26.0 Å².